The second-order valence-electron chi connectivity index (χ2n) is 4.95. The van der Waals surface area contributed by atoms with Gasteiger partial charge in [0, 0.05) is 31.7 Å². The number of furan rings is 1. The number of rotatable bonds is 8. The van der Waals surface area contributed by atoms with Crippen molar-refractivity contribution in [3.8, 4) is 0 Å². The van der Waals surface area contributed by atoms with Crippen LogP contribution in [-0.2, 0) is 20.9 Å². The standard InChI is InChI=1S/C16H19NO6/c1-21-8-7-17(9-14(18)19)16(20)15-12(10-22-2)11-5-3-4-6-13(11)23-15/h3-6H,7-10H2,1-2H3,(H,18,19). The number of para-hydroxylation sites is 1. The van der Waals surface area contributed by atoms with Crippen LogP contribution in [0.5, 0.6) is 0 Å². The Balaban J connectivity index is 2.40. The molecule has 0 unspecified atom stereocenters. The molecule has 0 aliphatic rings. The monoisotopic (exact) mass is 321 g/mol. The first-order chi connectivity index (χ1) is 11.1. The van der Waals surface area contributed by atoms with Crippen molar-refractivity contribution in [1.82, 2.24) is 4.90 Å². The molecule has 0 atom stereocenters. The molecular weight excluding hydrogens is 302 g/mol. The van der Waals surface area contributed by atoms with Gasteiger partial charge in [0.15, 0.2) is 5.76 Å². The zero-order valence-electron chi connectivity index (χ0n) is 13.1. The predicted molar refractivity (Wildman–Crippen MR) is 82.3 cm³/mol. The Labute approximate surface area is 133 Å². The fourth-order valence-electron chi connectivity index (χ4n) is 2.32. The number of hydrogen-bond acceptors (Lipinski definition) is 5. The van der Waals surface area contributed by atoms with Crippen molar-refractivity contribution in [1.29, 1.82) is 0 Å². The Bertz CT molecular complexity index is 693. The number of amides is 1. The second kappa shape index (κ2) is 7.75. The number of carbonyl (C=O) groups excluding carboxylic acids is 1. The summed E-state index contributed by atoms with van der Waals surface area (Å²) in [6, 6.07) is 7.23. The van der Waals surface area contributed by atoms with Crippen LogP contribution in [0.25, 0.3) is 11.0 Å². The van der Waals surface area contributed by atoms with Crippen molar-refractivity contribution in [2.75, 3.05) is 33.9 Å². The van der Waals surface area contributed by atoms with Crippen molar-refractivity contribution < 1.29 is 28.6 Å². The van der Waals surface area contributed by atoms with Crippen LogP contribution in [-0.4, -0.2) is 55.8 Å². The number of carbonyl (C=O) groups is 2. The van der Waals surface area contributed by atoms with E-state index in [0.29, 0.717) is 11.1 Å². The molecule has 0 aliphatic carbocycles. The summed E-state index contributed by atoms with van der Waals surface area (Å²) in [5, 5.41) is 9.78. The van der Waals surface area contributed by atoms with E-state index in [-0.39, 0.29) is 25.5 Å². The summed E-state index contributed by atoms with van der Waals surface area (Å²) in [7, 11) is 3.01. The molecule has 7 heteroatoms. The number of fused-ring (bicyclic) bond motifs is 1. The van der Waals surface area contributed by atoms with E-state index in [4.69, 9.17) is 19.0 Å². The highest BCUT2D eigenvalue weighted by atomic mass is 16.5. The minimum absolute atomic E-state index is 0.102. The van der Waals surface area contributed by atoms with Gasteiger partial charge in [0.25, 0.3) is 5.91 Å². The summed E-state index contributed by atoms with van der Waals surface area (Å²) in [4.78, 5) is 24.9. The van der Waals surface area contributed by atoms with Gasteiger partial charge in [0.1, 0.15) is 12.1 Å². The molecule has 1 amide bonds. The zero-order chi connectivity index (χ0) is 16.8. The molecule has 124 valence electrons. The number of methoxy groups -OCH3 is 2. The van der Waals surface area contributed by atoms with Crippen LogP contribution in [0.4, 0.5) is 0 Å². The Morgan fingerprint density at radius 2 is 1.96 bits per heavy atom. The number of aliphatic carboxylic acids is 1. The van der Waals surface area contributed by atoms with Gasteiger partial charge >= 0.3 is 5.97 Å². The quantitative estimate of drug-likeness (QED) is 0.797. The number of carboxylic acid groups (broad SMARTS) is 1. The minimum Gasteiger partial charge on any atom is -0.480 e. The van der Waals surface area contributed by atoms with Crippen molar-refractivity contribution in [2.45, 2.75) is 6.61 Å². The predicted octanol–water partition coefficient (Wildman–Crippen LogP) is 1.75. The molecule has 0 fully saturated rings. The summed E-state index contributed by atoms with van der Waals surface area (Å²) in [6.07, 6.45) is 0. The van der Waals surface area contributed by atoms with Gasteiger partial charge in [-0.2, -0.15) is 0 Å². The van der Waals surface area contributed by atoms with Crippen LogP contribution in [0.2, 0.25) is 0 Å². The summed E-state index contributed by atoms with van der Waals surface area (Å²) < 4.78 is 15.7. The van der Waals surface area contributed by atoms with E-state index in [1.54, 1.807) is 12.1 Å². The maximum absolute atomic E-state index is 12.7. The lowest BCUT2D eigenvalue weighted by atomic mass is 10.1. The molecule has 0 bridgehead atoms. The Morgan fingerprint density at radius 3 is 2.61 bits per heavy atom. The molecule has 1 aromatic carbocycles. The van der Waals surface area contributed by atoms with E-state index in [1.165, 1.54) is 19.1 Å². The van der Waals surface area contributed by atoms with Gasteiger partial charge in [-0.25, -0.2) is 0 Å². The largest absolute Gasteiger partial charge is 0.480 e. The smallest absolute Gasteiger partial charge is 0.323 e. The first-order valence-electron chi connectivity index (χ1n) is 7.07. The fourth-order valence-corrected chi connectivity index (χ4v) is 2.32. The van der Waals surface area contributed by atoms with Crippen molar-refractivity contribution in [3.05, 3.63) is 35.6 Å². The van der Waals surface area contributed by atoms with Gasteiger partial charge in [-0.1, -0.05) is 18.2 Å². The maximum Gasteiger partial charge on any atom is 0.323 e. The highest BCUT2D eigenvalue weighted by Crippen LogP contribution is 2.27. The van der Waals surface area contributed by atoms with Crippen LogP contribution in [0, 0.1) is 0 Å². The number of benzene rings is 1. The lowest BCUT2D eigenvalue weighted by Crippen LogP contribution is -2.38. The van der Waals surface area contributed by atoms with Crippen LogP contribution in [0.3, 0.4) is 0 Å². The highest BCUT2D eigenvalue weighted by molar-refractivity contribution is 6.00. The van der Waals surface area contributed by atoms with E-state index < -0.39 is 18.4 Å². The zero-order valence-corrected chi connectivity index (χ0v) is 13.1. The highest BCUT2D eigenvalue weighted by Gasteiger charge is 2.26. The molecule has 0 saturated heterocycles. The molecule has 0 saturated carbocycles. The number of ether oxygens (including phenoxy) is 2. The molecule has 23 heavy (non-hydrogen) atoms. The topological polar surface area (TPSA) is 89.2 Å². The first-order valence-corrected chi connectivity index (χ1v) is 7.07. The van der Waals surface area contributed by atoms with Crippen LogP contribution >= 0.6 is 0 Å². The SMILES string of the molecule is COCCN(CC(=O)O)C(=O)c1oc2ccccc2c1COC. The van der Waals surface area contributed by atoms with Crippen molar-refractivity contribution in [2.24, 2.45) is 0 Å². The van der Waals surface area contributed by atoms with Gasteiger partial charge in [0.05, 0.1) is 13.2 Å². The third-order valence-electron chi connectivity index (χ3n) is 3.36. The fraction of sp³-hybridized carbons (Fsp3) is 0.375. The van der Waals surface area contributed by atoms with Gasteiger partial charge in [-0.05, 0) is 6.07 Å². The van der Waals surface area contributed by atoms with Crippen LogP contribution in [0.15, 0.2) is 28.7 Å². The van der Waals surface area contributed by atoms with E-state index in [1.807, 2.05) is 12.1 Å². The lowest BCUT2D eigenvalue weighted by molar-refractivity contribution is -0.137. The maximum atomic E-state index is 12.7. The molecule has 1 heterocycles. The number of nitrogens with zero attached hydrogens (tertiary/aromatic N) is 1. The number of carboxylic acids is 1. The van der Waals surface area contributed by atoms with Crippen molar-refractivity contribution >= 4 is 22.8 Å². The molecule has 0 spiro atoms. The average Bonchev–Trinajstić information content (AvgIpc) is 2.90. The van der Waals surface area contributed by atoms with E-state index in [9.17, 15) is 9.59 Å². The summed E-state index contributed by atoms with van der Waals surface area (Å²) >= 11 is 0. The lowest BCUT2D eigenvalue weighted by Gasteiger charge is -2.19. The van der Waals surface area contributed by atoms with Crippen LogP contribution in [0.1, 0.15) is 16.1 Å². The van der Waals surface area contributed by atoms with Gasteiger partial charge < -0.3 is 23.9 Å². The van der Waals surface area contributed by atoms with Gasteiger partial charge in [-0.15, -0.1) is 0 Å². The molecular formula is C16H19NO6. The normalized spacial score (nSPS) is 10.9. The molecule has 1 N–H and O–H groups in total. The first kappa shape index (κ1) is 17.0. The average molecular weight is 321 g/mol. The van der Waals surface area contributed by atoms with Gasteiger partial charge in [-0.3, -0.25) is 9.59 Å². The Morgan fingerprint density at radius 1 is 1.22 bits per heavy atom. The summed E-state index contributed by atoms with van der Waals surface area (Å²) in [5.41, 5.74) is 1.17. The second-order valence-corrected chi connectivity index (χ2v) is 4.95. The molecule has 0 radical (unpaired) electrons. The van der Waals surface area contributed by atoms with Crippen LogP contribution < -0.4 is 0 Å². The molecule has 2 aromatic rings. The van der Waals surface area contributed by atoms with Crippen molar-refractivity contribution in [3.63, 3.8) is 0 Å². The summed E-state index contributed by atoms with van der Waals surface area (Å²) in [6.45, 7) is 0.166. The third kappa shape index (κ3) is 3.88. The Kier molecular flexibility index (Phi) is 5.72. The molecule has 7 nitrogen and oxygen atoms in total. The molecule has 2 rings (SSSR count). The molecule has 0 aliphatic heterocycles. The summed E-state index contributed by atoms with van der Waals surface area (Å²) in [5.74, 6) is -1.49. The number of hydrogen-bond donors (Lipinski definition) is 1. The van der Waals surface area contributed by atoms with E-state index in [0.717, 1.165) is 5.39 Å². The molecule has 1 aromatic heterocycles. The van der Waals surface area contributed by atoms with E-state index >= 15 is 0 Å². The van der Waals surface area contributed by atoms with Gasteiger partial charge in [0.2, 0.25) is 0 Å². The Hall–Kier alpha value is -2.38. The minimum atomic E-state index is -1.10. The van der Waals surface area contributed by atoms with E-state index in [2.05, 4.69) is 0 Å². The third-order valence-corrected chi connectivity index (χ3v) is 3.36.